The monoisotopic (exact) mass is 349 g/mol. The summed E-state index contributed by atoms with van der Waals surface area (Å²) < 4.78 is 38.3. The molecule has 2 rings (SSSR count). The van der Waals surface area contributed by atoms with Crippen molar-refractivity contribution in [1.82, 2.24) is 4.72 Å². The summed E-state index contributed by atoms with van der Waals surface area (Å²) in [5.41, 5.74) is 0.725. The molecule has 0 saturated heterocycles. The fourth-order valence-electron chi connectivity index (χ4n) is 2.34. The third-order valence-electron chi connectivity index (χ3n) is 3.92. The van der Waals surface area contributed by atoms with Crippen LogP contribution in [0.5, 0.6) is 11.5 Å². The molecule has 0 radical (unpaired) electrons. The van der Waals surface area contributed by atoms with Crippen LogP contribution in [-0.4, -0.2) is 29.2 Å². The molecule has 0 bridgehead atoms. The summed E-state index contributed by atoms with van der Waals surface area (Å²) in [5.74, 6) is 0.787. The average Bonchev–Trinajstić information content (AvgIpc) is 2.60. The van der Waals surface area contributed by atoms with E-state index in [0.717, 1.165) is 5.56 Å². The van der Waals surface area contributed by atoms with Crippen LogP contribution in [0.2, 0.25) is 0 Å². The van der Waals surface area contributed by atoms with Gasteiger partial charge in [-0.25, -0.2) is 13.1 Å². The third-order valence-corrected chi connectivity index (χ3v) is 5.36. The van der Waals surface area contributed by atoms with Crippen LogP contribution in [0.15, 0.2) is 53.4 Å². The molecule has 0 heterocycles. The predicted octanol–water partition coefficient (Wildman–Crippen LogP) is 2.96. The Hall–Kier alpha value is -2.05. The molecule has 5 nitrogen and oxygen atoms in total. The first-order chi connectivity index (χ1) is 11.3. The van der Waals surface area contributed by atoms with Crippen molar-refractivity contribution in [3.05, 3.63) is 54.1 Å². The number of ether oxygens (including phenoxy) is 2. The first-order valence-electron chi connectivity index (χ1n) is 7.57. The summed E-state index contributed by atoms with van der Waals surface area (Å²) in [5, 5.41) is 0. The molecule has 24 heavy (non-hydrogen) atoms. The Morgan fingerprint density at radius 1 is 1.00 bits per heavy atom. The fourth-order valence-corrected chi connectivity index (χ4v) is 3.70. The van der Waals surface area contributed by atoms with Crippen LogP contribution in [0.1, 0.15) is 19.4 Å². The van der Waals surface area contributed by atoms with Gasteiger partial charge in [0.1, 0.15) is 16.4 Å². The predicted molar refractivity (Wildman–Crippen MR) is 94.2 cm³/mol. The minimum atomic E-state index is -3.70. The lowest BCUT2D eigenvalue weighted by molar-refractivity contribution is 0.385. The highest BCUT2D eigenvalue weighted by Gasteiger charge is 2.26. The lowest BCUT2D eigenvalue weighted by atomic mass is 9.85. The number of methoxy groups -OCH3 is 2. The SMILES string of the molecule is COc1ccc(S(=O)(=O)NCC(C)(C)c2ccccc2)c(OC)c1. The highest BCUT2D eigenvalue weighted by atomic mass is 32.2. The summed E-state index contributed by atoms with van der Waals surface area (Å²) in [6.07, 6.45) is 0. The van der Waals surface area contributed by atoms with Crippen molar-refractivity contribution in [1.29, 1.82) is 0 Å². The van der Waals surface area contributed by atoms with E-state index in [4.69, 9.17) is 9.47 Å². The molecule has 0 unspecified atom stereocenters. The molecule has 2 aromatic rings. The zero-order valence-electron chi connectivity index (χ0n) is 14.4. The minimum absolute atomic E-state index is 0.0923. The Morgan fingerprint density at radius 2 is 1.67 bits per heavy atom. The summed E-state index contributed by atoms with van der Waals surface area (Å²) in [6.45, 7) is 4.26. The Balaban J connectivity index is 2.23. The second-order valence-corrected chi connectivity index (χ2v) is 7.83. The van der Waals surface area contributed by atoms with E-state index in [1.54, 1.807) is 12.1 Å². The van der Waals surface area contributed by atoms with Gasteiger partial charge in [0.15, 0.2) is 0 Å². The van der Waals surface area contributed by atoms with E-state index < -0.39 is 10.0 Å². The Bertz CT molecular complexity index is 786. The maximum absolute atomic E-state index is 12.7. The van der Waals surface area contributed by atoms with Crippen molar-refractivity contribution in [3.63, 3.8) is 0 Å². The van der Waals surface area contributed by atoms with Crippen LogP contribution in [0, 0.1) is 0 Å². The van der Waals surface area contributed by atoms with Gasteiger partial charge < -0.3 is 9.47 Å². The van der Waals surface area contributed by atoms with E-state index in [1.807, 2.05) is 44.2 Å². The molecule has 130 valence electrons. The second kappa shape index (κ2) is 7.23. The normalized spacial score (nSPS) is 12.0. The smallest absolute Gasteiger partial charge is 0.244 e. The van der Waals surface area contributed by atoms with Gasteiger partial charge in [-0.2, -0.15) is 0 Å². The molecule has 0 fully saturated rings. The zero-order chi connectivity index (χ0) is 17.8. The molecular formula is C18H23NO4S. The number of benzene rings is 2. The maximum atomic E-state index is 12.7. The van der Waals surface area contributed by atoms with Gasteiger partial charge in [-0.15, -0.1) is 0 Å². The molecule has 0 saturated carbocycles. The van der Waals surface area contributed by atoms with E-state index in [0.29, 0.717) is 5.75 Å². The maximum Gasteiger partial charge on any atom is 0.244 e. The molecule has 0 aliphatic carbocycles. The van der Waals surface area contributed by atoms with E-state index in [9.17, 15) is 8.42 Å². The largest absolute Gasteiger partial charge is 0.497 e. The summed E-state index contributed by atoms with van der Waals surface area (Å²) in [6, 6.07) is 14.4. The van der Waals surface area contributed by atoms with Crippen molar-refractivity contribution < 1.29 is 17.9 Å². The van der Waals surface area contributed by atoms with Crippen LogP contribution >= 0.6 is 0 Å². The van der Waals surface area contributed by atoms with Gasteiger partial charge in [-0.1, -0.05) is 44.2 Å². The number of sulfonamides is 1. The second-order valence-electron chi connectivity index (χ2n) is 6.09. The molecule has 0 atom stereocenters. The number of nitrogens with one attached hydrogen (secondary N) is 1. The number of hydrogen-bond donors (Lipinski definition) is 1. The first kappa shape index (κ1) is 18.3. The van der Waals surface area contributed by atoms with Gasteiger partial charge in [0, 0.05) is 18.0 Å². The quantitative estimate of drug-likeness (QED) is 0.835. The van der Waals surface area contributed by atoms with Crippen molar-refractivity contribution in [3.8, 4) is 11.5 Å². The van der Waals surface area contributed by atoms with Crippen molar-refractivity contribution >= 4 is 10.0 Å². The third kappa shape index (κ3) is 4.07. The lowest BCUT2D eigenvalue weighted by Gasteiger charge is -2.25. The summed E-state index contributed by atoms with van der Waals surface area (Å²) >= 11 is 0. The molecular weight excluding hydrogens is 326 g/mol. The summed E-state index contributed by atoms with van der Waals surface area (Å²) in [7, 11) is -0.750. The molecule has 0 aliphatic heterocycles. The molecule has 0 amide bonds. The molecule has 6 heteroatoms. The van der Waals surface area contributed by atoms with Crippen LogP contribution in [-0.2, 0) is 15.4 Å². The number of rotatable bonds is 7. The highest BCUT2D eigenvalue weighted by Crippen LogP contribution is 2.29. The van der Waals surface area contributed by atoms with Gasteiger partial charge in [0.05, 0.1) is 14.2 Å². The lowest BCUT2D eigenvalue weighted by Crippen LogP contribution is -2.36. The highest BCUT2D eigenvalue weighted by molar-refractivity contribution is 7.89. The van der Waals surface area contributed by atoms with E-state index in [2.05, 4.69) is 4.72 Å². The van der Waals surface area contributed by atoms with Crippen LogP contribution in [0.3, 0.4) is 0 Å². The number of hydrogen-bond acceptors (Lipinski definition) is 4. The van der Waals surface area contributed by atoms with Gasteiger partial charge in [-0.3, -0.25) is 0 Å². The van der Waals surface area contributed by atoms with Crippen molar-refractivity contribution in [2.24, 2.45) is 0 Å². The van der Waals surface area contributed by atoms with Crippen LogP contribution in [0.4, 0.5) is 0 Å². The van der Waals surface area contributed by atoms with E-state index in [-0.39, 0.29) is 22.6 Å². The Morgan fingerprint density at radius 3 is 2.25 bits per heavy atom. The van der Waals surface area contributed by atoms with Crippen LogP contribution in [0.25, 0.3) is 0 Å². The van der Waals surface area contributed by atoms with E-state index in [1.165, 1.54) is 20.3 Å². The van der Waals surface area contributed by atoms with Gasteiger partial charge in [0.2, 0.25) is 10.0 Å². The average molecular weight is 349 g/mol. The standard InChI is InChI=1S/C18H23NO4S/c1-18(2,14-8-6-5-7-9-14)13-19-24(20,21)17-11-10-15(22-3)12-16(17)23-4/h5-12,19H,13H2,1-4H3. The zero-order valence-corrected chi connectivity index (χ0v) is 15.2. The van der Waals surface area contributed by atoms with Gasteiger partial charge in [-0.05, 0) is 17.7 Å². The topological polar surface area (TPSA) is 64.6 Å². The van der Waals surface area contributed by atoms with Crippen molar-refractivity contribution in [2.45, 2.75) is 24.2 Å². The molecule has 1 N–H and O–H groups in total. The van der Waals surface area contributed by atoms with E-state index >= 15 is 0 Å². The fraction of sp³-hybridized carbons (Fsp3) is 0.333. The molecule has 0 spiro atoms. The minimum Gasteiger partial charge on any atom is -0.497 e. The summed E-state index contributed by atoms with van der Waals surface area (Å²) in [4.78, 5) is 0.0923. The molecule has 0 aliphatic rings. The van der Waals surface area contributed by atoms with Gasteiger partial charge >= 0.3 is 0 Å². The van der Waals surface area contributed by atoms with Crippen LogP contribution < -0.4 is 14.2 Å². The van der Waals surface area contributed by atoms with Crippen molar-refractivity contribution in [2.75, 3.05) is 20.8 Å². The molecule has 2 aromatic carbocycles. The van der Waals surface area contributed by atoms with Gasteiger partial charge in [0.25, 0.3) is 0 Å². The molecule has 0 aromatic heterocycles. The Kier molecular flexibility index (Phi) is 5.51. The first-order valence-corrected chi connectivity index (χ1v) is 9.06. The Labute approximate surface area is 143 Å².